The molecule has 1 rings (SSSR count). The van der Waals surface area contributed by atoms with E-state index in [4.69, 9.17) is 9.84 Å². The molecule has 0 heterocycles. The summed E-state index contributed by atoms with van der Waals surface area (Å²) in [7, 11) is 1.60. The lowest BCUT2D eigenvalue weighted by Crippen LogP contribution is -2.08. The molecule has 0 fully saturated rings. The van der Waals surface area contributed by atoms with Gasteiger partial charge in [0.2, 0.25) is 0 Å². The Hall–Kier alpha value is -1.16. The Morgan fingerprint density at radius 1 is 1.41 bits per heavy atom. The highest BCUT2D eigenvalue weighted by Gasteiger charge is 2.14. The van der Waals surface area contributed by atoms with Crippen LogP contribution in [0.1, 0.15) is 36.7 Å². The van der Waals surface area contributed by atoms with Crippen molar-refractivity contribution in [3.05, 3.63) is 29.3 Å². The van der Waals surface area contributed by atoms with E-state index in [1.165, 1.54) is 0 Å². The summed E-state index contributed by atoms with van der Waals surface area (Å²) in [6.07, 6.45) is 0. The number of hydrogen-bond donors (Lipinski definition) is 1. The van der Waals surface area contributed by atoms with Crippen LogP contribution in [-0.4, -0.2) is 22.9 Å². The molecule has 17 heavy (non-hydrogen) atoms. The van der Waals surface area contributed by atoms with Crippen LogP contribution >= 0.6 is 11.8 Å². The fourth-order valence-electron chi connectivity index (χ4n) is 1.32. The van der Waals surface area contributed by atoms with Gasteiger partial charge in [0.1, 0.15) is 5.75 Å². The van der Waals surface area contributed by atoms with Gasteiger partial charge in [-0.05, 0) is 18.2 Å². The van der Waals surface area contributed by atoms with E-state index >= 15 is 0 Å². The number of benzene rings is 1. The van der Waals surface area contributed by atoms with Gasteiger partial charge < -0.3 is 9.84 Å². The van der Waals surface area contributed by atoms with Gasteiger partial charge >= 0.3 is 5.97 Å². The number of carboxylic acid groups (broad SMARTS) is 1. The number of carbonyl (C=O) groups is 1. The van der Waals surface area contributed by atoms with Crippen molar-refractivity contribution < 1.29 is 14.6 Å². The summed E-state index contributed by atoms with van der Waals surface area (Å²) in [6.45, 7) is 6.39. The van der Waals surface area contributed by atoms with Crippen molar-refractivity contribution in [2.24, 2.45) is 0 Å². The minimum absolute atomic E-state index is 0.143. The molecule has 0 radical (unpaired) electrons. The van der Waals surface area contributed by atoms with E-state index in [1.54, 1.807) is 37.1 Å². The molecule has 0 bridgehead atoms. The first kappa shape index (κ1) is 13.9. The molecule has 0 aromatic heterocycles. The Morgan fingerprint density at radius 2 is 2.06 bits per heavy atom. The number of thioether (sulfide) groups is 1. The van der Waals surface area contributed by atoms with E-state index in [1.807, 2.05) is 0 Å². The second-order valence-corrected chi connectivity index (χ2v) is 6.53. The SMILES string of the molecule is COc1ccc(C(=O)O)cc1CSC(C)(C)C. The average molecular weight is 254 g/mol. The summed E-state index contributed by atoms with van der Waals surface area (Å²) in [4.78, 5) is 10.9. The average Bonchev–Trinajstić information content (AvgIpc) is 2.24. The molecule has 0 saturated heterocycles. The van der Waals surface area contributed by atoms with Gasteiger partial charge in [0, 0.05) is 16.1 Å². The van der Waals surface area contributed by atoms with Gasteiger partial charge in [0.05, 0.1) is 12.7 Å². The fourth-order valence-corrected chi connectivity index (χ4v) is 2.13. The standard InChI is InChI=1S/C13H18O3S/c1-13(2,3)17-8-10-7-9(12(14)15)5-6-11(10)16-4/h5-7H,8H2,1-4H3,(H,14,15). The number of rotatable bonds is 4. The number of methoxy groups -OCH3 is 1. The molecule has 1 N–H and O–H groups in total. The Morgan fingerprint density at radius 3 is 2.53 bits per heavy atom. The summed E-state index contributed by atoms with van der Waals surface area (Å²) in [5, 5.41) is 8.95. The number of carboxylic acids is 1. The lowest BCUT2D eigenvalue weighted by atomic mass is 10.1. The third kappa shape index (κ3) is 4.30. The molecule has 0 atom stereocenters. The largest absolute Gasteiger partial charge is 0.496 e. The Balaban J connectivity index is 2.94. The van der Waals surface area contributed by atoms with Gasteiger partial charge in [-0.1, -0.05) is 20.8 Å². The van der Waals surface area contributed by atoms with Crippen molar-refractivity contribution in [3.8, 4) is 5.75 Å². The van der Waals surface area contributed by atoms with Crippen molar-refractivity contribution in [3.63, 3.8) is 0 Å². The van der Waals surface area contributed by atoms with Gasteiger partial charge in [-0.3, -0.25) is 0 Å². The van der Waals surface area contributed by atoms with Gasteiger partial charge in [-0.15, -0.1) is 0 Å². The molecule has 0 aliphatic rings. The van der Waals surface area contributed by atoms with Gasteiger partial charge in [-0.25, -0.2) is 4.79 Å². The first-order valence-corrected chi connectivity index (χ1v) is 6.36. The molecule has 3 nitrogen and oxygen atoms in total. The lowest BCUT2D eigenvalue weighted by molar-refractivity contribution is 0.0696. The lowest BCUT2D eigenvalue weighted by Gasteiger charge is -2.18. The number of hydrogen-bond acceptors (Lipinski definition) is 3. The highest BCUT2D eigenvalue weighted by Crippen LogP contribution is 2.31. The second kappa shape index (κ2) is 5.45. The van der Waals surface area contributed by atoms with Crippen molar-refractivity contribution in [2.75, 3.05) is 7.11 Å². The quantitative estimate of drug-likeness (QED) is 0.894. The topological polar surface area (TPSA) is 46.5 Å². The monoisotopic (exact) mass is 254 g/mol. The van der Waals surface area contributed by atoms with E-state index in [-0.39, 0.29) is 4.75 Å². The number of aromatic carboxylic acids is 1. The van der Waals surface area contributed by atoms with E-state index in [2.05, 4.69) is 20.8 Å². The molecular weight excluding hydrogens is 236 g/mol. The molecule has 0 amide bonds. The van der Waals surface area contributed by atoms with Crippen LogP contribution in [0.15, 0.2) is 18.2 Å². The Kier molecular flexibility index (Phi) is 4.46. The normalized spacial score (nSPS) is 11.3. The molecular formula is C13H18O3S. The highest BCUT2D eigenvalue weighted by molar-refractivity contribution is 7.99. The molecule has 0 aliphatic heterocycles. The fraction of sp³-hybridized carbons (Fsp3) is 0.462. The van der Waals surface area contributed by atoms with Crippen LogP contribution in [0.5, 0.6) is 5.75 Å². The zero-order valence-electron chi connectivity index (χ0n) is 10.6. The third-order valence-electron chi connectivity index (χ3n) is 2.19. The minimum Gasteiger partial charge on any atom is -0.496 e. The first-order chi connectivity index (χ1) is 7.83. The van der Waals surface area contributed by atoms with Crippen LogP contribution in [0.2, 0.25) is 0 Å². The predicted molar refractivity (Wildman–Crippen MR) is 71.0 cm³/mol. The third-order valence-corrected chi connectivity index (χ3v) is 3.51. The maximum Gasteiger partial charge on any atom is 0.335 e. The molecule has 94 valence electrons. The molecule has 0 saturated carbocycles. The smallest absolute Gasteiger partial charge is 0.335 e. The predicted octanol–water partition coefficient (Wildman–Crippen LogP) is 3.43. The molecule has 0 aliphatic carbocycles. The number of ether oxygens (including phenoxy) is 1. The summed E-state index contributed by atoms with van der Waals surface area (Å²) in [5.41, 5.74) is 1.22. The minimum atomic E-state index is -0.908. The van der Waals surface area contributed by atoms with E-state index in [0.29, 0.717) is 5.56 Å². The van der Waals surface area contributed by atoms with E-state index in [0.717, 1.165) is 17.1 Å². The van der Waals surface area contributed by atoms with E-state index in [9.17, 15) is 4.79 Å². The Labute approximate surface area is 106 Å². The van der Waals surface area contributed by atoms with E-state index < -0.39 is 5.97 Å². The maximum absolute atomic E-state index is 10.9. The summed E-state index contributed by atoms with van der Waals surface area (Å²) < 4.78 is 5.38. The Bertz CT molecular complexity index is 408. The van der Waals surface area contributed by atoms with Crippen LogP contribution in [-0.2, 0) is 5.75 Å². The zero-order valence-corrected chi connectivity index (χ0v) is 11.4. The summed E-state index contributed by atoms with van der Waals surface area (Å²) in [5.74, 6) is 0.578. The van der Waals surface area contributed by atoms with Crippen LogP contribution in [0, 0.1) is 0 Å². The van der Waals surface area contributed by atoms with Crippen molar-refractivity contribution in [1.82, 2.24) is 0 Å². The van der Waals surface area contributed by atoms with Gasteiger partial charge in [0.15, 0.2) is 0 Å². The van der Waals surface area contributed by atoms with Crippen LogP contribution in [0.25, 0.3) is 0 Å². The molecule has 1 aromatic carbocycles. The highest BCUT2D eigenvalue weighted by atomic mass is 32.2. The zero-order chi connectivity index (χ0) is 13.1. The van der Waals surface area contributed by atoms with Crippen molar-refractivity contribution in [2.45, 2.75) is 31.3 Å². The van der Waals surface area contributed by atoms with Crippen LogP contribution in [0.4, 0.5) is 0 Å². The first-order valence-electron chi connectivity index (χ1n) is 5.37. The van der Waals surface area contributed by atoms with Gasteiger partial charge in [-0.2, -0.15) is 11.8 Å². The van der Waals surface area contributed by atoms with Crippen molar-refractivity contribution >= 4 is 17.7 Å². The van der Waals surface area contributed by atoms with Gasteiger partial charge in [0.25, 0.3) is 0 Å². The molecule has 0 unspecified atom stereocenters. The molecule has 1 aromatic rings. The van der Waals surface area contributed by atoms with Crippen molar-refractivity contribution in [1.29, 1.82) is 0 Å². The van der Waals surface area contributed by atoms with Crippen LogP contribution in [0.3, 0.4) is 0 Å². The maximum atomic E-state index is 10.9. The summed E-state index contributed by atoms with van der Waals surface area (Å²) in [6, 6.07) is 4.95. The summed E-state index contributed by atoms with van der Waals surface area (Å²) >= 11 is 1.76. The molecule has 0 spiro atoms. The second-order valence-electron chi connectivity index (χ2n) is 4.73. The van der Waals surface area contributed by atoms with Crippen LogP contribution < -0.4 is 4.74 Å². The molecule has 4 heteroatoms.